The molecule has 1 saturated carbocycles. The van der Waals surface area contributed by atoms with E-state index in [2.05, 4.69) is 6.42 Å². The Morgan fingerprint density at radius 3 is 2.14 bits per heavy atom. The molecule has 0 aromatic heterocycles. The van der Waals surface area contributed by atoms with Gasteiger partial charge in [0.15, 0.2) is 0 Å². The van der Waals surface area contributed by atoms with Gasteiger partial charge in [-0.15, -0.1) is 0 Å². The summed E-state index contributed by atoms with van der Waals surface area (Å²) in [6.45, 7) is 1.01. The molecular formula is C6H9O. The van der Waals surface area contributed by atoms with E-state index >= 15 is 0 Å². The molecule has 1 nitrogen and oxygen atoms in total. The lowest BCUT2D eigenvalue weighted by atomic mass is 9.75. The molecule has 0 aromatic rings. The topological polar surface area (TPSA) is 9.23 Å². The predicted molar refractivity (Wildman–Crippen MR) is 26.8 cm³/mol. The van der Waals surface area contributed by atoms with Crippen LogP contribution in [-0.4, -0.2) is 12.2 Å². The van der Waals surface area contributed by atoms with Crippen LogP contribution < -0.4 is 0 Å². The smallest absolute Gasteiger partial charge is 0.0710 e. The van der Waals surface area contributed by atoms with Crippen molar-refractivity contribution in [3.63, 3.8) is 0 Å². The van der Waals surface area contributed by atoms with Gasteiger partial charge in [0.2, 0.25) is 0 Å². The van der Waals surface area contributed by atoms with Crippen molar-refractivity contribution in [2.45, 2.75) is 24.9 Å². The van der Waals surface area contributed by atoms with E-state index in [9.17, 15) is 0 Å². The molecule has 0 unspecified atom stereocenters. The number of hydrogen-bond acceptors (Lipinski definition) is 1. The quantitative estimate of drug-likeness (QED) is 0.440. The standard InChI is InChI=1S/C6H9O/c1-2-6(3-1)4-5-7-6/h1H,2-5H2. The molecule has 0 aromatic carbocycles. The van der Waals surface area contributed by atoms with E-state index in [1.54, 1.807) is 0 Å². The lowest BCUT2D eigenvalue weighted by Gasteiger charge is -2.48. The van der Waals surface area contributed by atoms with Gasteiger partial charge in [-0.2, -0.15) is 0 Å². The van der Waals surface area contributed by atoms with E-state index in [1.807, 2.05) is 0 Å². The van der Waals surface area contributed by atoms with Crippen LogP contribution in [0.25, 0.3) is 0 Å². The predicted octanol–water partition coefficient (Wildman–Crippen LogP) is 1.14. The van der Waals surface area contributed by atoms with Gasteiger partial charge in [-0.25, -0.2) is 0 Å². The van der Waals surface area contributed by atoms with Crippen LogP contribution in [0.1, 0.15) is 19.3 Å². The maximum Gasteiger partial charge on any atom is 0.0710 e. The van der Waals surface area contributed by atoms with E-state index in [1.165, 1.54) is 19.3 Å². The van der Waals surface area contributed by atoms with E-state index in [-0.39, 0.29) is 0 Å². The van der Waals surface area contributed by atoms with Crippen LogP contribution in [0.4, 0.5) is 0 Å². The molecule has 7 heavy (non-hydrogen) atoms. The van der Waals surface area contributed by atoms with Gasteiger partial charge < -0.3 is 4.74 Å². The van der Waals surface area contributed by atoms with Crippen LogP contribution in [-0.2, 0) is 4.74 Å². The summed E-state index contributed by atoms with van der Waals surface area (Å²) in [5.74, 6) is 0. The Labute approximate surface area is 43.7 Å². The molecule has 2 aliphatic rings. The van der Waals surface area contributed by atoms with Crippen LogP contribution in [0.15, 0.2) is 0 Å². The molecule has 1 saturated heterocycles. The molecule has 0 atom stereocenters. The largest absolute Gasteiger partial charge is 0.375 e. The molecule has 1 heteroatoms. The van der Waals surface area contributed by atoms with Crippen molar-refractivity contribution < 1.29 is 4.74 Å². The van der Waals surface area contributed by atoms with Gasteiger partial charge >= 0.3 is 0 Å². The van der Waals surface area contributed by atoms with E-state index < -0.39 is 0 Å². The molecule has 0 bridgehead atoms. The fourth-order valence-corrected chi connectivity index (χ4v) is 1.18. The molecular weight excluding hydrogens is 88.1 g/mol. The third-order valence-electron chi connectivity index (χ3n) is 2.00. The van der Waals surface area contributed by atoms with Crippen molar-refractivity contribution in [1.82, 2.24) is 0 Å². The summed E-state index contributed by atoms with van der Waals surface area (Å²) < 4.78 is 5.32. The van der Waals surface area contributed by atoms with Gasteiger partial charge in [0.05, 0.1) is 12.2 Å². The van der Waals surface area contributed by atoms with Crippen LogP contribution in [0, 0.1) is 6.42 Å². The summed E-state index contributed by atoms with van der Waals surface area (Å²) in [6.07, 6.45) is 6.03. The lowest BCUT2D eigenvalue weighted by Crippen LogP contribution is -2.49. The van der Waals surface area contributed by atoms with Gasteiger partial charge in [-0.3, -0.25) is 0 Å². The van der Waals surface area contributed by atoms with Crippen LogP contribution in [0.5, 0.6) is 0 Å². The average molecular weight is 97.1 g/mol. The van der Waals surface area contributed by atoms with Gasteiger partial charge in [-0.1, -0.05) is 0 Å². The highest BCUT2D eigenvalue weighted by molar-refractivity contribution is 5.04. The normalized spacial score (nSPS) is 34.3. The van der Waals surface area contributed by atoms with Crippen molar-refractivity contribution in [2.75, 3.05) is 6.61 Å². The van der Waals surface area contributed by atoms with Gasteiger partial charge in [0.25, 0.3) is 0 Å². The minimum Gasteiger partial charge on any atom is -0.375 e. The summed E-state index contributed by atoms with van der Waals surface area (Å²) in [4.78, 5) is 0. The highest BCUT2D eigenvalue weighted by Crippen LogP contribution is 2.43. The highest BCUT2D eigenvalue weighted by atomic mass is 16.5. The summed E-state index contributed by atoms with van der Waals surface area (Å²) >= 11 is 0. The van der Waals surface area contributed by atoms with Crippen molar-refractivity contribution in [2.24, 2.45) is 0 Å². The molecule has 0 amide bonds. The maximum absolute atomic E-state index is 5.32. The molecule has 2 fully saturated rings. The fourth-order valence-electron chi connectivity index (χ4n) is 1.18. The second kappa shape index (κ2) is 1.03. The minimum absolute atomic E-state index is 0.389. The van der Waals surface area contributed by atoms with E-state index in [0.29, 0.717) is 5.60 Å². The first kappa shape index (κ1) is 3.90. The second-order valence-corrected chi connectivity index (χ2v) is 2.48. The Morgan fingerprint density at radius 2 is 2.14 bits per heavy atom. The highest BCUT2D eigenvalue weighted by Gasteiger charge is 2.43. The van der Waals surface area contributed by atoms with Gasteiger partial charge in [0.1, 0.15) is 0 Å². The minimum atomic E-state index is 0.389. The van der Waals surface area contributed by atoms with Crippen LogP contribution in [0.2, 0.25) is 0 Å². The maximum atomic E-state index is 5.32. The van der Waals surface area contributed by atoms with Crippen LogP contribution in [0.3, 0.4) is 0 Å². The SMILES string of the molecule is [CH]1CC2(C1)CCO2. The zero-order valence-electron chi connectivity index (χ0n) is 4.31. The Bertz CT molecular complexity index is 64.7. The molecule has 1 spiro atoms. The first-order chi connectivity index (χ1) is 3.41. The summed E-state index contributed by atoms with van der Waals surface area (Å²) in [5, 5.41) is 0. The van der Waals surface area contributed by atoms with Gasteiger partial charge in [0, 0.05) is 0 Å². The molecule has 39 valence electrons. The third-order valence-corrected chi connectivity index (χ3v) is 2.00. The third kappa shape index (κ3) is 0.367. The van der Waals surface area contributed by atoms with Gasteiger partial charge in [-0.05, 0) is 25.7 Å². The zero-order chi connectivity index (χ0) is 4.74. The van der Waals surface area contributed by atoms with Crippen molar-refractivity contribution in [1.29, 1.82) is 0 Å². The molecule has 1 aliphatic heterocycles. The Hall–Kier alpha value is -0.0400. The summed E-state index contributed by atoms with van der Waals surface area (Å²) in [5.41, 5.74) is 0.389. The molecule has 1 aliphatic carbocycles. The number of rotatable bonds is 0. The summed E-state index contributed by atoms with van der Waals surface area (Å²) in [7, 11) is 0. The first-order valence-corrected chi connectivity index (χ1v) is 2.87. The molecule has 1 heterocycles. The number of ether oxygens (including phenoxy) is 1. The average Bonchev–Trinajstić information content (AvgIpc) is 1.20. The lowest BCUT2D eigenvalue weighted by molar-refractivity contribution is -0.171. The van der Waals surface area contributed by atoms with E-state index in [4.69, 9.17) is 4.74 Å². The van der Waals surface area contributed by atoms with Crippen molar-refractivity contribution >= 4 is 0 Å². The Morgan fingerprint density at radius 1 is 1.43 bits per heavy atom. The zero-order valence-corrected chi connectivity index (χ0v) is 4.31. The molecule has 1 radical (unpaired) electrons. The van der Waals surface area contributed by atoms with Crippen molar-refractivity contribution in [3.8, 4) is 0 Å². The van der Waals surface area contributed by atoms with E-state index in [0.717, 1.165) is 6.61 Å². The number of hydrogen-bond donors (Lipinski definition) is 0. The monoisotopic (exact) mass is 97.1 g/mol. The Kier molecular flexibility index (Phi) is 0.571. The van der Waals surface area contributed by atoms with Crippen molar-refractivity contribution in [3.05, 3.63) is 6.42 Å². The Balaban J connectivity index is 2.00. The summed E-state index contributed by atoms with van der Waals surface area (Å²) in [6, 6.07) is 0. The second-order valence-electron chi connectivity index (χ2n) is 2.48. The van der Waals surface area contributed by atoms with Crippen LogP contribution >= 0.6 is 0 Å². The first-order valence-electron chi connectivity index (χ1n) is 2.87. The fraction of sp³-hybridized carbons (Fsp3) is 0.833. The molecule has 2 rings (SSSR count). The molecule has 0 N–H and O–H groups in total.